The van der Waals surface area contributed by atoms with E-state index in [1.807, 2.05) is 11.4 Å². The van der Waals surface area contributed by atoms with E-state index in [9.17, 15) is 4.79 Å². The average molecular weight is 287 g/mol. The Morgan fingerprint density at radius 3 is 2.60 bits per heavy atom. The standard InChI is InChI=1S/C12H15BrOS/c1-8-2-4-9(5-3-8)12(14)10-6-11(13)15-7-10/h6-9H,2-5H2,1H3. The molecule has 1 aliphatic carbocycles. The Balaban J connectivity index is 2.02. The number of hydrogen-bond acceptors (Lipinski definition) is 2. The van der Waals surface area contributed by atoms with Crippen molar-refractivity contribution in [1.29, 1.82) is 0 Å². The lowest BCUT2D eigenvalue weighted by molar-refractivity contribution is 0.0876. The Hall–Kier alpha value is -0.150. The summed E-state index contributed by atoms with van der Waals surface area (Å²) in [7, 11) is 0. The van der Waals surface area contributed by atoms with Crippen LogP contribution in [0.5, 0.6) is 0 Å². The Labute approximate surface area is 103 Å². The summed E-state index contributed by atoms with van der Waals surface area (Å²) in [5.41, 5.74) is 0.895. The first-order valence-corrected chi connectivity index (χ1v) is 7.12. The molecule has 0 radical (unpaired) electrons. The third-order valence-electron chi connectivity index (χ3n) is 3.24. The number of ketones is 1. The van der Waals surface area contributed by atoms with Crippen molar-refractivity contribution in [3.63, 3.8) is 0 Å². The molecule has 2 rings (SSSR count). The number of thiophene rings is 1. The molecule has 3 heteroatoms. The van der Waals surface area contributed by atoms with Crippen LogP contribution in [-0.4, -0.2) is 5.78 Å². The van der Waals surface area contributed by atoms with Gasteiger partial charge >= 0.3 is 0 Å². The number of hydrogen-bond donors (Lipinski definition) is 0. The summed E-state index contributed by atoms with van der Waals surface area (Å²) in [4.78, 5) is 12.1. The predicted octanol–water partition coefficient (Wildman–Crippen LogP) is 4.52. The second kappa shape index (κ2) is 4.79. The van der Waals surface area contributed by atoms with E-state index in [-0.39, 0.29) is 5.92 Å². The fourth-order valence-corrected chi connectivity index (χ4v) is 3.34. The third-order valence-corrected chi connectivity index (χ3v) is 4.74. The maximum absolute atomic E-state index is 12.1. The van der Waals surface area contributed by atoms with Gasteiger partial charge in [-0.1, -0.05) is 19.8 Å². The molecule has 1 aromatic rings. The van der Waals surface area contributed by atoms with Gasteiger partial charge in [-0.2, -0.15) is 0 Å². The molecule has 0 atom stereocenters. The maximum atomic E-state index is 12.1. The van der Waals surface area contributed by atoms with Gasteiger partial charge < -0.3 is 0 Å². The van der Waals surface area contributed by atoms with E-state index in [4.69, 9.17) is 0 Å². The number of halogens is 1. The van der Waals surface area contributed by atoms with Crippen molar-refractivity contribution in [3.05, 3.63) is 20.8 Å². The summed E-state index contributed by atoms with van der Waals surface area (Å²) in [5, 5.41) is 1.96. The van der Waals surface area contributed by atoms with Gasteiger partial charge in [-0.3, -0.25) is 4.79 Å². The van der Waals surface area contributed by atoms with Crippen LogP contribution in [0, 0.1) is 11.8 Å². The number of Topliss-reactive ketones (excluding diaryl/α,β-unsaturated/α-hetero) is 1. The van der Waals surface area contributed by atoms with Crippen molar-refractivity contribution in [1.82, 2.24) is 0 Å². The Morgan fingerprint density at radius 1 is 1.40 bits per heavy atom. The molecule has 82 valence electrons. The van der Waals surface area contributed by atoms with Crippen LogP contribution in [0.1, 0.15) is 43.0 Å². The van der Waals surface area contributed by atoms with E-state index in [1.54, 1.807) is 11.3 Å². The zero-order chi connectivity index (χ0) is 10.8. The highest BCUT2D eigenvalue weighted by molar-refractivity contribution is 9.11. The molecular weight excluding hydrogens is 272 g/mol. The maximum Gasteiger partial charge on any atom is 0.166 e. The summed E-state index contributed by atoms with van der Waals surface area (Å²) in [5.74, 6) is 1.44. The lowest BCUT2D eigenvalue weighted by Gasteiger charge is -2.24. The normalized spacial score (nSPS) is 26.5. The van der Waals surface area contributed by atoms with Crippen molar-refractivity contribution < 1.29 is 4.79 Å². The zero-order valence-electron chi connectivity index (χ0n) is 8.83. The van der Waals surface area contributed by atoms with Crippen LogP contribution in [0.4, 0.5) is 0 Å². The molecular formula is C12H15BrOS. The van der Waals surface area contributed by atoms with Crippen molar-refractivity contribution in [3.8, 4) is 0 Å². The third kappa shape index (κ3) is 2.70. The molecule has 0 N–H and O–H groups in total. The molecule has 1 aromatic heterocycles. The van der Waals surface area contributed by atoms with E-state index in [1.165, 1.54) is 12.8 Å². The molecule has 1 aliphatic rings. The molecule has 0 spiro atoms. The lowest BCUT2D eigenvalue weighted by atomic mass is 9.80. The van der Waals surface area contributed by atoms with Gasteiger partial charge in [0.15, 0.2) is 5.78 Å². The summed E-state index contributed by atoms with van der Waals surface area (Å²) in [6.07, 6.45) is 4.57. The number of carbonyl (C=O) groups is 1. The lowest BCUT2D eigenvalue weighted by Crippen LogP contribution is -2.20. The van der Waals surface area contributed by atoms with Gasteiger partial charge in [-0.15, -0.1) is 11.3 Å². The topological polar surface area (TPSA) is 17.1 Å². The highest BCUT2D eigenvalue weighted by atomic mass is 79.9. The van der Waals surface area contributed by atoms with Gasteiger partial charge in [0.25, 0.3) is 0 Å². The highest BCUT2D eigenvalue weighted by Crippen LogP contribution is 2.32. The highest BCUT2D eigenvalue weighted by Gasteiger charge is 2.25. The van der Waals surface area contributed by atoms with Gasteiger partial charge in [-0.25, -0.2) is 0 Å². The fraction of sp³-hybridized carbons (Fsp3) is 0.583. The monoisotopic (exact) mass is 286 g/mol. The van der Waals surface area contributed by atoms with Gasteiger partial charge in [-0.05, 0) is 40.8 Å². The van der Waals surface area contributed by atoms with Gasteiger partial charge in [0.05, 0.1) is 3.79 Å². The van der Waals surface area contributed by atoms with Crippen molar-refractivity contribution in [2.75, 3.05) is 0 Å². The SMILES string of the molecule is CC1CCC(C(=O)c2csc(Br)c2)CC1. The van der Waals surface area contributed by atoms with Crippen LogP contribution in [-0.2, 0) is 0 Å². The molecule has 0 aliphatic heterocycles. The second-order valence-corrected chi connectivity index (χ2v) is 6.75. The molecule has 1 heterocycles. The minimum atomic E-state index is 0.280. The van der Waals surface area contributed by atoms with Gasteiger partial charge in [0.2, 0.25) is 0 Å². The number of rotatable bonds is 2. The molecule has 0 amide bonds. The largest absolute Gasteiger partial charge is 0.294 e. The van der Waals surface area contributed by atoms with Gasteiger partial charge in [0.1, 0.15) is 0 Å². The zero-order valence-corrected chi connectivity index (χ0v) is 11.2. The van der Waals surface area contributed by atoms with E-state index < -0.39 is 0 Å². The summed E-state index contributed by atoms with van der Waals surface area (Å²) in [6.45, 7) is 2.28. The smallest absolute Gasteiger partial charge is 0.166 e. The second-order valence-electron chi connectivity index (χ2n) is 4.46. The van der Waals surface area contributed by atoms with E-state index in [2.05, 4.69) is 22.9 Å². The van der Waals surface area contributed by atoms with Crippen LogP contribution >= 0.6 is 27.3 Å². The molecule has 0 saturated heterocycles. The summed E-state index contributed by atoms with van der Waals surface area (Å²) < 4.78 is 1.05. The minimum absolute atomic E-state index is 0.280. The van der Waals surface area contributed by atoms with Crippen molar-refractivity contribution >= 4 is 33.0 Å². The molecule has 1 saturated carbocycles. The van der Waals surface area contributed by atoms with Crippen LogP contribution < -0.4 is 0 Å². The van der Waals surface area contributed by atoms with E-state index in [0.717, 1.165) is 28.1 Å². The minimum Gasteiger partial charge on any atom is -0.294 e. The average Bonchev–Trinajstić information content (AvgIpc) is 2.65. The van der Waals surface area contributed by atoms with E-state index in [0.29, 0.717) is 5.78 Å². The van der Waals surface area contributed by atoms with Crippen LogP contribution in [0.25, 0.3) is 0 Å². The summed E-state index contributed by atoms with van der Waals surface area (Å²) in [6, 6.07) is 1.95. The van der Waals surface area contributed by atoms with Crippen LogP contribution in [0.3, 0.4) is 0 Å². The quantitative estimate of drug-likeness (QED) is 0.731. The molecule has 1 nitrogen and oxygen atoms in total. The fourth-order valence-electron chi connectivity index (χ4n) is 2.20. The van der Waals surface area contributed by atoms with Crippen molar-refractivity contribution in [2.24, 2.45) is 11.8 Å². The van der Waals surface area contributed by atoms with Crippen molar-refractivity contribution in [2.45, 2.75) is 32.6 Å². The molecule has 15 heavy (non-hydrogen) atoms. The van der Waals surface area contributed by atoms with Gasteiger partial charge in [0, 0.05) is 16.9 Å². The Kier molecular flexibility index (Phi) is 3.62. The number of carbonyl (C=O) groups excluding carboxylic acids is 1. The Bertz CT molecular complexity index is 350. The molecule has 1 fully saturated rings. The Morgan fingerprint density at radius 2 is 2.07 bits per heavy atom. The molecule has 0 aromatic carbocycles. The first kappa shape index (κ1) is 11.3. The van der Waals surface area contributed by atoms with Crippen LogP contribution in [0.15, 0.2) is 15.2 Å². The first-order valence-electron chi connectivity index (χ1n) is 5.45. The molecule has 0 unspecified atom stereocenters. The summed E-state index contributed by atoms with van der Waals surface area (Å²) >= 11 is 4.99. The molecule has 0 bridgehead atoms. The van der Waals surface area contributed by atoms with Crippen LogP contribution in [0.2, 0.25) is 0 Å². The van der Waals surface area contributed by atoms with E-state index >= 15 is 0 Å². The first-order chi connectivity index (χ1) is 7.16. The predicted molar refractivity (Wildman–Crippen MR) is 67.5 cm³/mol.